The van der Waals surface area contributed by atoms with Crippen molar-refractivity contribution in [1.82, 2.24) is 20.3 Å². The van der Waals surface area contributed by atoms with Crippen LogP contribution in [0.15, 0.2) is 24.4 Å². The van der Waals surface area contributed by atoms with Gasteiger partial charge in [0, 0.05) is 24.2 Å². The maximum absolute atomic E-state index is 13.1. The van der Waals surface area contributed by atoms with E-state index in [4.69, 9.17) is 4.74 Å². The molecule has 1 saturated carbocycles. The van der Waals surface area contributed by atoms with Crippen LogP contribution in [-0.4, -0.2) is 26.9 Å². The maximum atomic E-state index is 13.1. The third-order valence-corrected chi connectivity index (χ3v) is 4.26. The van der Waals surface area contributed by atoms with Gasteiger partial charge in [0.15, 0.2) is 0 Å². The number of hydrogen-bond donors (Lipinski definition) is 1. The number of aromatic nitrogens is 3. The van der Waals surface area contributed by atoms with E-state index in [1.807, 2.05) is 0 Å². The lowest BCUT2D eigenvalue weighted by atomic mass is 10.2. The largest absolute Gasteiger partial charge is 0.487 e. The molecular weight excluding hydrogens is 330 g/mol. The van der Waals surface area contributed by atoms with E-state index in [-0.39, 0.29) is 24.3 Å². The van der Waals surface area contributed by atoms with Crippen molar-refractivity contribution in [3.63, 3.8) is 0 Å². The normalized spacial score (nSPS) is 16.0. The van der Waals surface area contributed by atoms with Crippen LogP contribution in [0.25, 0.3) is 0 Å². The number of carbonyl (C=O) groups is 1. The Balaban J connectivity index is 1.56. The minimum absolute atomic E-state index is 0.000141. The highest BCUT2D eigenvalue weighted by Gasteiger charge is 2.22. The molecule has 134 valence electrons. The molecule has 25 heavy (non-hydrogen) atoms. The van der Waals surface area contributed by atoms with Crippen molar-refractivity contribution >= 4 is 5.91 Å². The molecular formula is C17H20F2N4O2. The molecule has 1 heterocycles. The predicted octanol–water partition coefficient (Wildman–Crippen LogP) is 2.76. The molecule has 1 aromatic carbocycles. The van der Waals surface area contributed by atoms with Gasteiger partial charge in [0.05, 0.1) is 6.20 Å². The molecule has 0 aliphatic heterocycles. The Hall–Kier alpha value is -2.51. The molecule has 0 bridgehead atoms. The van der Waals surface area contributed by atoms with Gasteiger partial charge in [0.1, 0.15) is 35.7 Å². The van der Waals surface area contributed by atoms with E-state index in [0.29, 0.717) is 5.69 Å². The number of benzene rings is 1. The zero-order valence-electron chi connectivity index (χ0n) is 13.9. The molecule has 1 fully saturated rings. The highest BCUT2D eigenvalue weighted by atomic mass is 19.1. The van der Waals surface area contributed by atoms with Gasteiger partial charge in [0.25, 0.3) is 0 Å². The topological polar surface area (TPSA) is 69.0 Å². The van der Waals surface area contributed by atoms with Gasteiger partial charge in [-0.15, -0.1) is 5.10 Å². The molecule has 1 aliphatic rings. The van der Waals surface area contributed by atoms with Crippen LogP contribution in [0.2, 0.25) is 0 Å². The smallest absolute Gasteiger partial charge is 0.244 e. The molecule has 1 atom stereocenters. The van der Waals surface area contributed by atoms with Crippen molar-refractivity contribution in [3.05, 3.63) is 41.7 Å². The van der Waals surface area contributed by atoms with E-state index >= 15 is 0 Å². The van der Waals surface area contributed by atoms with Crippen LogP contribution >= 0.6 is 0 Å². The third-order valence-electron chi connectivity index (χ3n) is 4.26. The Labute approximate surface area is 144 Å². The van der Waals surface area contributed by atoms with E-state index in [9.17, 15) is 13.6 Å². The van der Waals surface area contributed by atoms with E-state index < -0.39 is 17.7 Å². The summed E-state index contributed by atoms with van der Waals surface area (Å²) < 4.78 is 33.0. The summed E-state index contributed by atoms with van der Waals surface area (Å²) in [5, 5.41) is 10.9. The Kier molecular flexibility index (Phi) is 5.25. The minimum Gasteiger partial charge on any atom is -0.487 e. The maximum Gasteiger partial charge on any atom is 0.244 e. The lowest BCUT2D eigenvalue weighted by molar-refractivity contribution is -0.124. The molecule has 6 nitrogen and oxygen atoms in total. The number of halogens is 2. The Morgan fingerprint density at radius 1 is 1.32 bits per heavy atom. The second-order valence-corrected chi connectivity index (χ2v) is 6.25. The van der Waals surface area contributed by atoms with E-state index in [0.717, 1.165) is 43.9 Å². The van der Waals surface area contributed by atoms with Crippen LogP contribution in [0.5, 0.6) is 5.75 Å². The molecule has 8 heteroatoms. The number of ether oxygens (including phenoxy) is 1. The Morgan fingerprint density at radius 3 is 2.68 bits per heavy atom. The molecule has 0 radical (unpaired) electrons. The molecule has 1 aliphatic carbocycles. The van der Waals surface area contributed by atoms with Crippen molar-refractivity contribution in [1.29, 1.82) is 0 Å². The fraction of sp³-hybridized carbons (Fsp3) is 0.471. The number of carbonyl (C=O) groups excluding carboxylic acids is 1. The number of rotatable bonds is 6. The van der Waals surface area contributed by atoms with Crippen LogP contribution in [-0.2, 0) is 11.4 Å². The second-order valence-electron chi connectivity index (χ2n) is 6.25. The summed E-state index contributed by atoms with van der Waals surface area (Å²) in [5.74, 6) is -1.46. The summed E-state index contributed by atoms with van der Waals surface area (Å²) in [6.07, 6.45) is 5.91. The Morgan fingerprint density at radius 2 is 2.00 bits per heavy atom. The lowest BCUT2D eigenvalue weighted by Gasteiger charge is -2.16. The van der Waals surface area contributed by atoms with Gasteiger partial charge in [-0.2, -0.15) is 0 Å². The average molecular weight is 350 g/mol. The summed E-state index contributed by atoms with van der Waals surface area (Å²) in [4.78, 5) is 12.2. The standard InChI is InChI=1S/C17H20F2N4O2/c1-11(17(24)20-14-4-2-3-5-14)23-9-15(21-22-23)10-25-16-7-12(18)6-13(19)8-16/h6-9,11,14H,2-5,10H2,1H3,(H,20,24). The first-order chi connectivity index (χ1) is 12.0. The zero-order chi connectivity index (χ0) is 17.8. The monoisotopic (exact) mass is 350 g/mol. The SMILES string of the molecule is CC(C(=O)NC1CCCC1)n1cc(COc2cc(F)cc(F)c2)nn1. The first-order valence-corrected chi connectivity index (χ1v) is 8.31. The zero-order valence-corrected chi connectivity index (χ0v) is 13.9. The van der Waals surface area contributed by atoms with Gasteiger partial charge in [-0.3, -0.25) is 4.79 Å². The molecule has 0 spiro atoms. The molecule has 1 aromatic heterocycles. The number of amides is 1. The van der Waals surface area contributed by atoms with Gasteiger partial charge in [0.2, 0.25) is 5.91 Å². The summed E-state index contributed by atoms with van der Waals surface area (Å²) in [6, 6.07) is 2.70. The first-order valence-electron chi connectivity index (χ1n) is 8.31. The lowest BCUT2D eigenvalue weighted by Crippen LogP contribution is -2.37. The van der Waals surface area contributed by atoms with Gasteiger partial charge in [-0.05, 0) is 19.8 Å². The summed E-state index contributed by atoms with van der Waals surface area (Å²) in [5.41, 5.74) is 0.463. The van der Waals surface area contributed by atoms with Crippen molar-refractivity contribution in [2.24, 2.45) is 0 Å². The van der Waals surface area contributed by atoms with Crippen molar-refractivity contribution in [2.75, 3.05) is 0 Å². The molecule has 1 unspecified atom stereocenters. The van der Waals surface area contributed by atoms with E-state index in [1.165, 1.54) is 4.68 Å². The number of nitrogens with one attached hydrogen (secondary N) is 1. The summed E-state index contributed by atoms with van der Waals surface area (Å²) in [6.45, 7) is 1.74. The van der Waals surface area contributed by atoms with Gasteiger partial charge < -0.3 is 10.1 Å². The predicted molar refractivity (Wildman–Crippen MR) is 85.8 cm³/mol. The highest BCUT2D eigenvalue weighted by Crippen LogP contribution is 2.19. The van der Waals surface area contributed by atoms with Crippen LogP contribution in [0.4, 0.5) is 8.78 Å². The van der Waals surface area contributed by atoms with E-state index in [1.54, 1.807) is 13.1 Å². The molecule has 1 N–H and O–H groups in total. The van der Waals surface area contributed by atoms with Crippen molar-refractivity contribution in [2.45, 2.75) is 51.3 Å². The number of nitrogens with zero attached hydrogens (tertiary/aromatic N) is 3. The van der Waals surface area contributed by atoms with Gasteiger partial charge >= 0.3 is 0 Å². The van der Waals surface area contributed by atoms with Crippen molar-refractivity contribution < 1.29 is 18.3 Å². The number of hydrogen-bond acceptors (Lipinski definition) is 4. The first kappa shape index (κ1) is 17.3. The quantitative estimate of drug-likeness (QED) is 0.870. The fourth-order valence-electron chi connectivity index (χ4n) is 2.85. The molecule has 0 saturated heterocycles. The summed E-state index contributed by atoms with van der Waals surface area (Å²) in [7, 11) is 0. The molecule has 3 rings (SSSR count). The van der Waals surface area contributed by atoms with Gasteiger partial charge in [-0.1, -0.05) is 18.1 Å². The second kappa shape index (κ2) is 7.58. The highest BCUT2D eigenvalue weighted by molar-refractivity contribution is 5.80. The average Bonchev–Trinajstić information content (AvgIpc) is 3.23. The van der Waals surface area contributed by atoms with E-state index in [2.05, 4.69) is 15.6 Å². The van der Waals surface area contributed by atoms with Crippen molar-refractivity contribution in [3.8, 4) is 5.75 Å². The van der Waals surface area contributed by atoms with Gasteiger partial charge in [-0.25, -0.2) is 13.5 Å². The summed E-state index contributed by atoms with van der Waals surface area (Å²) >= 11 is 0. The third kappa shape index (κ3) is 4.52. The van der Waals surface area contributed by atoms with Crippen LogP contribution in [0.3, 0.4) is 0 Å². The van der Waals surface area contributed by atoms with Crippen LogP contribution in [0.1, 0.15) is 44.3 Å². The fourth-order valence-corrected chi connectivity index (χ4v) is 2.85. The van der Waals surface area contributed by atoms with Crippen LogP contribution in [0, 0.1) is 11.6 Å². The Bertz CT molecular complexity index is 724. The molecule has 1 amide bonds. The van der Waals surface area contributed by atoms with Crippen LogP contribution < -0.4 is 10.1 Å². The molecule has 2 aromatic rings. The minimum atomic E-state index is -0.712.